The molecule has 0 aliphatic carbocycles. The Kier molecular flexibility index (Phi) is 33.5. The molecule has 3 amide bonds. The minimum Gasteiger partial charge on any atom is -0.394 e. The fourth-order valence-corrected chi connectivity index (χ4v) is 15.0. The van der Waals surface area contributed by atoms with Crippen LogP contribution in [0.3, 0.4) is 0 Å². The van der Waals surface area contributed by atoms with Crippen LogP contribution in [0.1, 0.15) is 34.6 Å². The number of hydrogen-bond acceptors (Lipinski definition) is 48. The molecular weight excluding hydrogens is 1590 g/mol. The molecule has 0 aromatic carbocycles. The SMILES string of the molecule is CC(=O)N[C@H]1[C@H](O[C@@H]2[C@@H](O[C@H]3[C@H](O)[C@@H](CO[C@H]4O[C@H](CO)[C@@H](O)[C@H](O)[C@@H]4O)O[C@@H](O[C@H]4[C@H](O)[C@@H](NC(C)=O)[C@H](O[C@H]5[C@H](O[C@@H]6O[C@@H](C)[C@@H](O)[C@@H](O)[C@@H]6O)[C@@H](NC(C)=O)C(O)O[C@@H]5CO)O[C@@H]4CO)[C@H]3O[C@@H]3OC[C@@H](O)[C@H](O)[C@H]3O)O[C@H](CO)[C@@H](O)[C@@H]2O)O[C@H](CO[C@@H]2O[C@@H](C)[C@@H](O)[C@@H](O)[C@@H]2O)[C@@H](O[C@@H]2O[C@H](CO)[C@H](O)[C@H](O)[C@H]2O)[C@@H]1O. The lowest BCUT2D eigenvalue weighted by Crippen LogP contribution is -2.72. The van der Waals surface area contributed by atoms with Gasteiger partial charge in [-0.25, -0.2) is 0 Å². The van der Waals surface area contributed by atoms with Gasteiger partial charge in [0.25, 0.3) is 0 Å². The summed E-state index contributed by atoms with van der Waals surface area (Å²) in [7, 11) is 0. The molecule has 49 atom stereocenters. The number of aliphatic hydroxyl groups is 26. The zero-order chi connectivity index (χ0) is 85.2. The summed E-state index contributed by atoms with van der Waals surface area (Å²) in [5.41, 5.74) is 0. The fraction of sp³-hybridized carbons (Fsp3) is 0.954. The first kappa shape index (κ1) is 94.9. The summed E-state index contributed by atoms with van der Waals surface area (Å²) in [6, 6.07) is -5.90. The van der Waals surface area contributed by atoms with Gasteiger partial charge in [-0.1, -0.05) is 0 Å². The highest BCUT2D eigenvalue weighted by molar-refractivity contribution is 5.74. The molecule has 1 unspecified atom stereocenters. The maximum Gasteiger partial charge on any atom is 0.217 e. The molecule has 51 nitrogen and oxygen atoms in total. The average molecular weight is 1700 g/mol. The maximum atomic E-state index is 13.4. The minimum atomic E-state index is -2.53. The number of hydrogen-bond donors (Lipinski definition) is 29. The topological polar surface area (TPSA) is 789 Å². The van der Waals surface area contributed by atoms with E-state index in [-0.39, 0.29) is 0 Å². The molecule has 0 radical (unpaired) electrons. The Balaban J connectivity index is 1.04. The van der Waals surface area contributed by atoms with E-state index in [0.717, 1.165) is 20.8 Å². The Morgan fingerprint density at radius 2 is 0.612 bits per heavy atom. The molecule has 0 saturated carbocycles. The van der Waals surface area contributed by atoms with E-state index in [9.17, 15) is 147 Å². The van der Waals surface area contributed by atoms with E-state index in [1.54, 1.807) is 0 Å². The second kappa shape index (κ2) is 40.9. The Bertz CT molecular complexity index is 3080. The maximum absolute atomic E-state index is 13.4. The van der Waals surface area contributed by atoms with Gasteiger partial charge in [0.15, 0.2) is 62.9 Å². The highest BCUT2D eigenvalue weighted by atomic mass is 16.8. The molecule has 29 N–H and O–H groups in total. The average Bonchev–Trinajstić information content (AvgIpc) is 0.761. The van der Waals surface area contributed by atoms with Crippen LogP contribution >= 0.6 is 0 Å². The van der Waals surface area contributed by atoms with Gasteiger partial charge in [-0.3, -0.25) is 14.4 Å². The third-order valence-electron chi connectivity index (χ3n) is 21.6. The third-order valence-corrected chi connectivity index (χ3v) is 21.6. The van der Waals surface area contributed by atoms with E-state index in [2.05, 4.69) is 16.0 Å². The van der Waals surface area contributed by atoms with Crippen LogP contribution < -0.4 is 16.0 Å². The molecule has 10 aliphatic rings. The van der Waals surface area contributed by atoms with Gasteiger partial charge >= 0.3 is 0 Å². The van der Waals surface area contributed by atoms with Crippen molar-refractivity contribution in [3.63, 3.8) is 0 Å². The van der Waals surface area contributed by atoms with Gasteiger partial charge in [0.1, 0.15) is 226 Å². The summed E-state index contributed by atoms with van der Waals surface area (Å²) in [6.07, 6.45) is -95.7. The Labute approximate surface area is 657 Å². The molecule has 0 aromatic rings. The second-order valence-electron chi connectivity index (χ2n) is 29.8. The predicted octanol–water partition coefficient (Wildman–Crippen LogP) is -19.7. The van der Waals surface area contributed by atoms with Crippen molar-refractivity contribution in [3.05, 3.63) is 0 Å². The molecule has 0 spiro atoms. The van der Waals surface area contributed by atoms with E-state index in [1.165, 1.54) is 13.8 Å². The molecule has 10 aliphatic heterocycles. The lowest BCUT2D eigenvalue weighted by atomic mass is 9.93. The molecule has 0 bridgehead atoms. The van der Waals surface area contributed by atoms with E-state index < -0.39 is 371 Å². The Morgan fingerprint density at radius 1 is 0.276 bits per heavy atom. The molecule has 10 rings (SSSR count). The quantitative estimate of drug-likeness (QED) is 0.0346. The summed E-state index contributed by atoms with van der Waals surface area (Å²) in [4.78, 5) is 39.4. The van der Waals surface area contributed by atoms with Crippen LogP contribution in [0, 0.1) is 0 Å². The zero-order valence-electron chi connectivity index (χ0n) is 62.6. The monoisotopic (exact) mass is 1700 g/mol. The first-order valence-electron chi connectivity index (χ1n) is 37.3. The van der Waals surface area contributed by atoms with Gasteiger partial charge in [0.05, 0.1) is 65.1 Å². The van der Waals surface area contributed by atoms with Crippen LogP contribution in [-0.2, 0) is 104 Å². The van der Waals surface area contributed by atoms with Crippen LogP contribution in [0.15, 0.2) is 0 Å². The Hall–Kier alpha value is -3.39. The molecule has 51 heteroatoms. The normalized spacial score (nSPS) is 51.1. The Morgan fingerprint density at radius 3 is 1.13 bits per heavy atom. The molecule has 10 saturated heterocycles. The highest BCUT2D eigenvalue weighted by Gasteiger charge is 2.62. The van der Waals surface area contributed by atoms with Crippen molar-refractivity contribution in [1.29, 1.82) is 0 Å². The fourth-order valence-electron chi connectivity index (χ4n) is 15.0. The number of ether oxygens (including phenoxy) is 19. The molecule has 0 aromatic heterocycles. The van der Waals surface area contributed by atoms with Gasteiger partial charge in [-0.15, -0.1) is 0 Å². The lowest BCUT2D eigenvalue weighted by Gasteiger charge is -2.52. The first-order valence-corrected chi connectivity index (χ1v) is 37.3. The second-order valence-corrected chi connectivity index (χ2v) is 29.8. The van der Waals surface area contributed by atoms with Gasteiger partial charge in [0, 0.05) is 20.8 Å². The van der Waals surface area contributed by atoms with E-state index in [1.807, 2.05) is 0 Å². The van der Waals surface area contributed by atoms with Gasteiger partial charge in [-0.2, -0.15) is 0 Å². The number of carbonyl (C=O) groups excluding carboxylic acids is 3. The highest BCUT2D eigenvalue weighted by Crippen LogP contribution is 2.41. The lowest BCUT2D eigenvalue weighted by molar-refractivity contribution is -0.412. The smallest absolute Gasteiger partial charge is 0.217 e. The largest absolute Gasteiger partial charge is 0.394 e. The third kappa shape index (κ3) is 20.7. The van der Waals surface area contributed by atoms with Crippen molar-refractivity contribution >= 4 is 17.7 Å². The van der Waals surface area contributed by atoms with Crippen molar-refractivity contribution in [2.24, 2.45) is 0 Å². The van der Waals surface area contributed by atoms with E-state index >= 15 is 0 Å². The molecular formula is C65H109N3O48. The molecule has 116 heavy (non-hydrogen) atoms. The van der Waals surface area contributed by atoms with Gasteiger partial charge in [0.2, 0.25) is 17.7 Å². The molecule has 672 valence electrons. The van der Waals surface area contributed by atoms with Crippen molar-refractivity contribution in [2.45, 2.75) is 335 Å². The number of amides is 3. The predicted molar refractivity (Wildman–Crippen MR) is 356 cm³/mol. The summed E-state index contributed by atoms with van der Waals surface area (Å²) < 4.78 is 115. The summed E-state index contributed by atoms with van der Waals surface area (Å²) in [5, 5.41) is 297. The summed E-state index contributed by atoms with van der Waals surface area (Å²) >= 11 is 0. The number of rotatable bonds is 28. The molecule has 10 heterocycles. The van der Waals surface area contributed by atoms with Crippen LogP contribution in [0.2, 0.25) is 0 Å². The van der Waals surface area contributed by atoms with Gasteiger partial charge in [-0.05, 0) is 13.8 Å². The number of nitrogens with one attached hydrogen (secondary N) is 3. The molecule has 10 fully saturated rings. The van der Waals surface area contributed by atoms with Crippen molar-refractivity contribution in [2.75, 3.05) is 52.9 Å². The van der Waals surface area contributed by atoms with Crippen LogP contribution in [0.5, 0.6) is 0 Å². The van der Waals surface area contributed by atoms with E-state index in [0.29, 0.717) is 0 Å². The van der Waals surface area contributed by atoms with Gasteiger partial charge < -0.3 is 239 Å². The van der Waals surface area contributed by atoms with Crippen molar-refractivity contribution in [3.8, 4) is 0 Å². The van der Waals surface area contributed by atoms with Crippen molar-refractivity contribution < 1.29 is 237 Å². The zero-order valence-corrected chi connectivity index (χ0v) is 62.6. The van der Waals surface area contributed by atoms with Crippen molar-refractivity contribution in [1.82, 2.24) is 16.0 Å². The number of aliphatic hydroxyl groups excluding tert-OH is 26. The van der Waals surface area contributed by atoms with Crippen LogP contribution in [-0.4, -0.2) is 504 Å². The minimum absolute atomic E-state index is 0.861. The number of carbonyl (C=O) groups is 3. The summed E-state index contributed by atoms with van der Waals surface area (Å²) in [5.74, 6) is -2.88. The summed E-state index contributed by atoms with van der Waals surface area (Å²) in [6.45, 7) is -3.30. The van der Waals surface area contributed by atoms with Crippen LogP contribution in [0.25, 0.3) is 0 Å². The van der Waals surface area contributed by atoms with Crippen LogP contribution in [0.4, 0.5) is 0 Å². The van der Waals surface area contributed by atoms with E-state index in [4.69, 9.17) is 90.0 Å². The first-order chi connectivity index (χ1) is 54.8. The standard InChI is InChI=1S/C65H109N3O48/c1-14-30(78)39(87)45(93)59(101-14)100-13-26-50(110-63-48(96)42(90)34(82)21(7-70)105-63)38(86)28(67-17(4)75)58(109-26)115-54-43(91)35(83)22(8-71)106-64(54)114-53-36(84)25(12-99-60-46(94)41(89)33(81)20(6-69)104-60)108-65(55(53)116-61-44(92)32(80)19(77)11-98-61)111-49-23(9-72)107-57(27(37(49)85)66-16(3)74)112-51-24(10-73)103-56(97)29(68-18(5)76)52(51)113-62-47(95)40(88)31(79)15(2)102-62/h14-15,19-65,69-73,77-97H,6-13H2,1-5H3,(H,66,74)(H,67,75)(H,68,76)/t14-,15-,19+,20+,21+,22+,23+,24+,25+,26+,27+,28+,29+,30+,31+,32-,33+,34-,35+,36+,37+,38+,39+,40+,41-,42-,43-,44+,45-,46-,47-,48+,49+,50+,51+,52+,53-,54-,55-,56?,57-,58-,59+,60-,61-,62-,63-,64+,65-/m0/s1.